The van der Waals surface area contributed by atoms with Crippen LogP contribution in [0.4, 0.5) is 5.82 Å². The molecule has 0 bridgehead atoms. The number of hydrogen-bond acceptors (Lipinski definition) is 5. The summed E-state index contributed by atoms with van der Waals surface area (Å²) in [6.07, 6.45) is 3.50. The molecule has 0 aliphatic carbocycles. The highest BCUT2D eigenvalue weighted by Gasteiger charge is 2.36. The number of carbonyl (C=O) groups excluding carboxylic acids is 2. The number of aromatic nitrogens is 3. The summed E-state index contributed by atoms with van der Waals surface area (Å²) in [4.78, 5) is 31.2. The fraction of sp³-hybridized carbons (Fsp3) is 0.263. The van der Waals surface area contributed by atoms with E-state index >= 15 is 0 Å². The molecule has 0 radical (unpaired) electrons. The van der Waals surface area contributed by atoms with Crippen molar-refractivity contribution in [3.63, 3.8) is 0 Å². The quantitative estimate of drug-likeness (QED) is 0.632. The molecule has 1 aliphatic heterocycles. The van der Waals surface area contributed by atoms with Crippen molar-refractivity contribution in [2.75, 3.05) is 11.9 Å². The minimum Gasteiger partial charge on any atom is -0.365 e. The zero-order valence-electron chi connectivity index (χ0n) is 14.9. The molecule has 7 nitrogen and oxygen atoms in total. The number of amides is 2. The van der Waals surface area contributed by atoms with Crippen molar-refractivity contribution in [2.45, 2.75) is 19.9 Å². The van der Waals surface area contributed by atoms with E-state index in [1.54, 1.807) is 35.0 Å². The number of benzene rings is 1. The number of rotatable bonds is 5. The van der Waals surface area contributed by atoms with E-state index in [1.807, 2.05) is 26.1 Å². The van der Waals surface area contributed by atoms with Crippen molar-refractivity contribution in [1.82, 2.24) is 19.5 Å². The normalized spacial score (nSPS) is 14.9. The topological polar surface area (TPSA) is 79.6 Å². The average molecular weight is 428 g/mol. The molecule has 1 N–H and O–H groups in total. The van der Waals surface area contributed by atoms with Crippen LogP contribution in [-0.2, 0) is 0 Å². The van der Waals surface area contributed by atoms with E-state index in [0.717, 1.165) is 4.47 Å². The zero-order valence-corrected chi connectivity index (χ0v) is 16.5. The summed E-state index contributed by atoms with van der Waals surface area (Å²) in [5.74, 6) is 0.356. The number of halogens is 1. The van der Waals surface area contributed by atoms with Crippen LogP contribution in [0.2, 0.25) is 0 Å². The van der Waals surface area contributed by atoms with Crippen LogP contribution in [0.25, 0.3) is 5.65 Å². The van der Waals surface area contributed by atoms with Crippen molar-refractivity contribution in [3.05, 3.63) is 58.3 Å². The van der Waals surface area contributed by atoms with Gasteiger partial charge < -0.3 is 5.32 Å². The Morgan fingerprint density at radius 3 is 2.41 bits per heavy atom. The van der Waals surface area contributed by atoms with E-state index in [2.05, 4.69) is 31.3 Å². The summed E-state index contributed by atoms with van der Waals surface area (Å²) in [6, 6.07) is 8.62. The number of imide groups is 1. The lowest BCUT2D eigenvalue weighted by atomic mass is 10.0. The molecule has 2 aromatic heterocycles. The van der Waals surface area contributed by atoms with Gasteiger partial charge >= 0.3 is 0 Å². The number of carbonyl (C=O) groups is 2. The first-order valence-corrected chi connectivity index (χ1v) is 9.46. The number of fused-ring (bicyclic) bond motifs is 2. The minimum atomic E-state index is -0.245. The highest BCUT2D eigenvalue weighted by Crippen LogP contribution is 2.24. The van der Waals surface area contributed by atoms with Crippen LogP contribution >= 0.6 is 15.9 Å². The number of hydrogen-bond donors (Lipinski definition) is 1. The van der Waals surface area contributed by atoms with E-state index in [0.29, 0.717) is 22.6 Å². The Kier molecular flexibility index (Phi) is 4.43. The summed E-state index contributed by atoms with van der Waals surface area (Å²) < 4.78 is 2.47. The van der Waals surface area contributed by atoms with Gasteiger partial charge in [0.1, 0.15) is 5.82 Å². The van der Waals surface area contributed by atoms with Crippen LogP contribution < -0.4 is 5.32 Å². The molecule has 0 saturated carbocycles. The average Bonchev–Trinajstić information content (AvgIpc) is 3.14. The Morgan fingerprint density at radius 2 is 1.78 bits per heavy atom. The molecule has 27 heavy (non-hydrogen) atoms. The van der Waals surface area contributed by atoms with E-state index in [9.17, 15) is 9.59 Å². The molecule has 0 saturated heterocycles. The van der Waals surface area contributed by atoms with Crippen molar-refractivity contribution in [2.24, 2.45) is 5.92 Å². The van der Waals surface area contributed by atoms with Crippen molar-refractivity contribution in [3.8, 4) is 0 Å². The molecule has 138 valence electrons. The van der Waals surface area contributed by atoms with E-state index < -0.39 is 0 Å². The maximum absolute atomic E-state index is 12.6. The summed E-state index contributed by atoms with van der Waals surface area (Å²) in [5, 5.41) is 7.54. The third kappa shape index (κ3) is 3.10. The maximum Gasteiger partial charge on any atom is 0.261 e. The lowest BCUT2D eigenvalue weighted by Gasteiger charge is -2.27. The highest BCUT2D eigenvalue weighted by atomic mass is 79.9. The van der Waals surface area contributed by atoms with E-state index in [-0.39, 0.29) is 30.3 Å². The molecule has 0 spiro atoms. The Bertz CT molecular complexity index is 1010. The SMILES string of the molecule is CC(C)C(CN1C(=O)c2ccccc2C1=O)Nc1ccn2ncc(Br)c2n1. The predicted octanol–water partition coefficient (Wildman–Crippen LogP) is 3.22. The second-order valence-electron chi connectivity index (χ2n) is 6.83. The third-order valence-corrected chi connectivity index (χ3v) is 5.28. The molecule has 4 rings (SSSR count). The number of nitrogens with zero attached hydrogens (tertiary/aromatic N) is 4. The summed E-state index contributed by atoms with van der Waals surface area (Å²) in [7, 11) is 0. The summed E-state index contributed by atoms with van der Waals surface area (Å²) >= 11 is 3.43. The maximum atomic E-state index is 12.6. The Balaban J connectivity index is 1.57. The third-order valence-electron chi connectivity index (χ3n) is 4.72. The molecule has 3 aromatic rings. The van der Waals surface area contributed by atoms with Crippen LogP contribution in [0.1, 0.15) is 34.6 Å². The second-order valence-corrected chi connectivity index (χ2v) is 7.69. The monoisotopic (exact) mass is 427 g/mol. The van der Waals surface area contributed by atoms with Crippen molar-refractivity contribution in [1.29, 1.82) is 0 Å². The van der Waals surface area contributed by atoms with Gasteiger partial charge in [0.2, 0.25) is 0 Å². The smallest absolute Gasteiger partial charge is 0.261 e. The fourth-order valence-electron chi connectivity index (χ4n) is 3.14. The summed E-state index contributed by atoms with van der Waals surface area (Å²) in [5.41, 5.74) is 1.63. The van der Waals surface area contributed by atoms with Gasteiger partial charge in [0.15, 0.2) is 5.65 Å². The van der Waals surface area contributed by atoms with Crippen LogP contribution in [0.3, 0.4) is 0 Å². The van der Waals surface area contributed by atoms with Gasteiger partial charge in [-0.3, -0.25) is 14.5 Å². The first-order valence-electron chi connectivity index (χ1n) is 8.67. The van der Waals surface area contributed by atoms with Crippen LogP contribution in [-0.4, -0.2) is 43.9 Å². The molecule has 1 unspecified atom stereocenters. The Labute approximate surface area is 164 Å². The molecular weight excluding hydrogens is 410 g/mol. The fourth-order valence-corrected chi connectivity index (χ4v) is 3.50. The van der Waals surface area contributed by atoms with Crippen molar-refractivity contribution < 1.29 is 9.59 Å². The van der Waals surface area contributed by atoms with Gasteiger partial charge in [-0.1, -0.05) is 26.0 Å². The van der Waals surface area contributed by atoms with Gasteiger partial charge in [-0.2, -0.15) is 5.10 Å². The van der Waals surface area contributed by atoms with E-state index in [4.69, 9.17) is 0 Å². The predicted molar refractivity (Wildman–Crippen MR) is 105 cm³/mol. The van der Waals surface area contributed by atoms with Gasteiger partial charge in [-0.25, -0.2) is 9.50 Å². The molecule has 3 heterocycles. The van der Waals surface area contributed by atoms with Crippen LogP contribution in [0, 0.1) is 5.92 Å². The Morgan fingerprint density at radius 1 is 1.11 bits per heavy atom. The lowest BCUT2D eigenvalue weighted by molar-refractivity contribution is 0.0641. The van der Waals surface area contributed by atoms with Gasteiger partial charge in [-0.15, -0.1) is 0 Å². The lowest BCUT2D eigenvalue weighted by Crippen LogP contribution is -2.42. The van der Waals surface area contributed by atoms with Gasteiger partial charge in [0, 0.05) is 18.8 Å². The first kappa shape index (κ1) is 17.7. The first-order chi connectivity index (χ1) is 13.0. The van der Waals surface area contributed by atoms with Crippen LogP contribution in [0.5, 0.6) is 0 Å². The second kappa shape index (κ2) is 6.77. The van der Waals surface area contributed by atoms with E-state index in [1.165, 1.54) is 4.90 Å². The number of nitrogens with one attached hydrogen (secondary N) is 1. The largest absolute Gasteiger partial charge is 0.365 e. The molecule has 1 atom stereocenters. The minimum absolute atomic E-state index is 0.135. The van der Waals surface area contributed by atoms with Gasteiger partial charge in [-0.05, 0) is 40.0 Å². The molecule has 1 aliphatic rings. The molecule has 8 heteroatoms. The van der Waals surface area contributed by atoms with Crippen LogP contribution in [0.15, 0.2) is 47.2 Å². The molecular formula is C19H18BrN5O2. The van der Waals surface area contributed by atoms with Gasteiger partial charge in [0.05, 0.1) is 21.8 Å². The molecule has 2 amide bonds. The molecule has 1 aromatic carbocycles. The zero-order chi connectivity index (χ0) is 19.1. The van der Waals surface area contributed by atoms with Gasteiger partial charge in [0.25, 0.3) is 11.8 Å². The highest BCUT2D eigenvalue weighted by molar-refractivity contribution is 9.10. The van der Waals surface area contributed by atoms with Crippen molar-refractivity contribution >= 4 is 39.2 Å². The standard InChI is InChI=1S/C19H18BrN5O2/c1-11(2)15(22-16-7-8-25-17(23-16)14(20)9-21-25)10-24-18(26)12-5-3-4-6-13(12)19(24)27/h3-9,11,15H,10H2,1-2H3,(H,22,23). The summed E-state index contributed by atoms with van der Waals surface area (Å²) in [6.45, 7) is 4.36. The Hall–Kier alpha value is -2.74. The molecule has 0 fully saturated rings. The number of anilines is 1.